The van der Waals surface area contributed by atoms with E-state index in [2.05, 4.69) is 41.3 Å². The average Bonchev–Trinajstić information content (AvgIpc) is 2.89. The molecule has 2 saturated carbocycles. The number of nitrogens with one attached hydrogen (secondary N) is 1. The zero-order valence-corrected chi connectivity index (χ0v) is 24.7. The first-order valence-corrected chi connectivity index (χ1v) is 14.6. The minimum atomic E-state index is -0.946. The molecule has 5 N–H and O–H groups in total. The maximum absolute atomic E-state index is 12.8. The standard InChI is InChI=1S/C30H44N8O3/c1-20(35(4)24-18-30(19-24)16-22(31)17-30)15-21-5-7-23(8-6-21)38-10-9-25(34-28(38)41)33-27(40)37-13-11-36(12-14-37)26(39)29(2,3)32/h5-10,20,22,24H,11-19,31-32H2,1-4H3,(H,33,34,40,41). The fourth-order valence-electron chi connectivity index (χ4n) is 6.63. The van der Waals surface area contributed by atoms with E-state index in [9.17, 15) is 14.4 Å². The van der Waals surface area contributed by atoms with Gasteiger partial charge in [0.25, 0.3) is 0 Å². The highest BCUT2D eigenvalue weighted by atomic mass is 16.2. The Morgan fingerprint density at radius 2 is 1.68 bits per heavy atom. The van der Waals surface area contributed by atoms with Crippen LogP contribution in [0.15, 0.2) is 41.3 Å². The Labute approximate surface area is 241 Å². The summed E-state index contributed by atoms with van der Waals surface area (Å²) in [5.41, 5.74) is 13.0. The van der Waals surface area contributed by atoms with Gasteiger partial charge in [0.1, 0.15) is 5.82 Å². The Balaban J connectivity index is 1.12. The lowest BCUT2D eigenvalue weighted by Gasteiger charge is -2.59. The Kier molecular flexibility index (Phi) is 7.97. The Hall–Kier alpha value is -3.28. The molecule has 3 amide bonds. The molecule has 11 nitrogen and oxygen atoms in total. The third kappa shape index (κ3) is 6.32. The second-order valence-corrected chi connectivity index (χ2v) is 13.0. The molecule has 1 spiro atoms. The first-order chi connectivity index (χ1) is 19.3. The van der Waals surface area contributed by atoms with Gasteiger partial charge in [0.2, 0.25) is 5.91 Å². The van der Waals surface area contributed by atoms with Gasteiger partial charge in [-0.2, -0.15) is 4.98 Å². The van der Waals surface area contributed by atoms with Crippen molar-refractivity contribution in [3.05, 3.63) is 52.6 Å². The molecule has 2 aliphatic carbocycles. The fourth-order valence-corrected chi connectivity index (χ4v) is 6.63. The van der Waals surface area contributed by atoms with Crippen molar-refractivity contribution in [2.75, 3.05) is 38.5 Å². The topological polar surface area (TPSA) is 143 Å². The molecule has 11 heteroatoms. The number of hydrogen-bond acceptors (Lipinski definition) is 7. The summed E-state index contributed by atoms with van der Waals surface area (Å²) < 4.78 is 1.46. The van der Waals surface area contributed by atoms with Crippen LogP contribution < -0.4 is 22.5 Å². The molecule has 41 heavy (non-hydrogen) atoms. The molecule has 1 aromatic heterocycles. The second kappa shape index (κ2) is 11.2. The minimum Gasteiger partial charge on any atom is -0.338 e. The summed E-state index contributed by atoms with van der Waals surface area (Å²) in [6.07, 6.45) is 7.45. The highest BCUT2D eigenvalue weighted by Crippen LogP contribution is 2.56. The van der Waals surface area contributed by atoms with Crippen LogP contribution in [0, 0.1) is 5.41 Å². The highest BCUT2D eigenvalue weighted by molar-refractivity contribution is 5.89. The molecule has 222 valence electrons. The predicted molar refractivity (Wildman–Crippen MR) is 159 cm³/mol. The number of rotatable bonds is 7. The molecule has 1 atom stereocenters. The predicted octanol–water partition coefficient (Wildman–Crippen LogP) is 1.78. The number of aromatic nitrogens is 2. The minimum absolute atomic E-state index is 0.140. The number of carbonyl (C=O) groups excluding carboxylic acids is 2. The van der Waals surface area contributed by atoms with E-state index in [0.29, 0.717) is 49.7 Å². The quantitative estimate of drug-likeness (QED) is 0.465. The van der Waals surface area contributed by atoms with Crippen LogP contribution in [0.3, 0.4) is 0 Å². The number of nitrogens with two attached hydrogens (primary N) is 2. The van der Waals surface area contributed by atoms with Crippen LogP contribution >= 0.6 is 0 Å². The van der Waals surface area contributed by atoms with Crippen molar-refractivity contribution in [2.45, 2.75) is 76.5 Å². The molecule has 5 rings (SSSR count). The summed E-state index contributed by atoms with van der Waals surface area (Å²) in [6.45, 7) is 7.18. The van der Waals surface area contributed by atoms with Crippen molar-refractivity contribution in [3.63, 3.8) is 0 Å². The molecule has 3 fully saturated rings. The lowest BCUT2D eigenvalue weighted by Crippen LogP contribution is -2.60. The van der Waals surface area contributed by atoms with Crippen LogP contribution in [0.4, 0.5) is 10.6 Å². The van der Waals surface area contributed by atoms with Crippen LogP contribution in [-0.4, -0.2) is 93.1 Å². The van der Waals surface area contributed by atoms with Crippen molar-refractivity contribution in [1.29, 1.82) is 0 Å². The van der Waals surface area contributed by atoms with Crippen molar-refractivity contribution >= 4 is 17.8 Å². The zero-order valence-electron chi connectivity index (χ0n) is 24.7. The number of nitrogens with zero attached hydrogens (tertiary/aromatic N) is 5. The van der Waals surface area contributed by atoms with Crippen LogP contribution in [0.5, 0.6) is 0 Å². The first kappa shape index (κ1) is 29.2. The zero-order chi connectivity index (χ0) is 29.5. The number of carbonyl (C=O) groups is 2. The van der Waals surface area contributed by atoms with Gasteiger partial charge in [0.05, 0.1) is 11.2 Å². The van der Waals surface area contributed by atoms with Gasteiger partial charge in [-0.05, 0) is 89.1 Å². The maximum Gasteiger partial charge on any atom is 0.354 e. The van der Waals surface area contributed by atoms with Gasteiger partial charge < -0.3 is 26.2 Å². The molecule has 1 unspecified atom stereocenters. The van der Waals surface area contributed by atoms with Gasteiger partial charge in [0, 0.05) is 50.5 Å². The van der Waals surface area contributed by atoms with E-state index in [1.807, 2.05) is 12.1 Å². The van der Waals surface area contributed by atoms with Crippen molar-refractivity contribution in [3.8, 4) is 5.69 Å². The summed E-state index contributed by atoms with van der Waals surface area (Å²) >= 11 is 0. The summed E-state index contributed by atoms with van der Waals surface area (Å²) in [6, 6.07) is 10.7. The summed E-state index contributed by atoms with van der Waals surface area (Å²) in [5.74, 6) is 0.0482. The third-order valence-electron chi connectivity index (χ3n) is 9.19. The largest absolute Gasteiger partial charge is 0.354 e. The Bertz CT molecular complexity index is 1310. The molecule has 2 aromatic rings. The molecule has 1 saturated heterocycles. The maximum atomic E-state index is 12.8. The molecule has 0 radical (unpaired) electrons. The lowest BCUT2D eigenvalue weighted by atomic mass is 9.52. The fraction of sp³-hybridized carbons (Fsp3) is 0.600. The molecule has 2 heterocycles. The SMILES string of the molecule is CC(Cc1ccc(-n2ccc(NC(=O)N3CCN(C(=O)C(C)(C)N)CC3)nc2=O)cc1)N(C)C1CC2(CC(N)C2)C1. The van der Waals surface area contributed by atoms with Gasteiger partial charge >= 0.3 is 11.7 Å². The van der Waals surface area contributed by atoms with Gasteiger partial charge in [-0.15, -0.1) is 0 Å². The lowest BCUT2D eigenvalue weighted by molar-refractivity contribution is -0.137. The number of hydrogen-bond donors (Lipinski definition) is 3. The number of likely N-dealkylation sites (N-methyl/N-ethyl adjacent to an activating group) is 1. The van der Waals surface area contributed by atoms with Crippen molar-refractivity contribution in [1.82, 2.24) is 24.3 Å². The van der Waals surface area contributed by atoms with Crippen LogP contribution in [0.1, 0.15) is 52.0 Å². The summed E-state index contributed by atoms with van der Waals surface area (Å²) in [4.78, 5) is 47.8. The smallest absolute Gasteiger partial charge is 0.338 e. The first-order valence-electron chi connectivity index (χ1n) is 14.6. The number of anilines is 1. The normalized spacial score (nSPS) is 25.0. The van der Waals surface area contributed by atoms with Gasteiger partial charge in [0.15, 0.2) is 0 Å². The molecule has 3 aliphatic rings. The number of benzene rings is 1. The highest BCUT2D eigenvalue weighted by Gasteiger charge is 2.53. The number of urea groups is 1. The van der Waals surface area contributed by atoms with Crippen LogP contribution in [-0.2, 0) is 11.2 Å². The molecule has 1 aliphatic heterocycles. The average molecular weight is 565 g/mol. The van der Waals surface area contributed by atoms with Crippen LogP contribution in [0.25, 0.3) is 5.69 Å². The van der Waals surface area contributed by atoms with Gasteiger partial charge in [-0.3, -0.25) is 14.7 Å². The molecule has 0 bridgehead atoms. The molecule has 1 aromatic carbocycles. The number of piperazine rings is 1. The van der Waals surface area contributed by atoms with Crippen molar-refractivity contribution < 1.29 is 9.59 Å². The van der Waals surface area contributed by atoms with E-state index >= 15 is 0 Å². The van der Waals surface area contributed by atoms with Gasteiger partial charge in [-0.25, -0.2) is 9.59 Å². The van der Waals surface area contributed by atoms with Crippen LogP contribution in [0.2, 0.25) is 0 Å². The van der Waals surface area contributed by atoms with Crippen molar-refractivity contribution in [2.24, 2.45) is 16.9 Å². The monoisotopic (exact) mass is 564 g/mol. The Morgan fingerprint density at radius 1 is 1.07 bits per heavy atom. The van der Waals surface area contributed by atoms with E-state index in [0.717, 1.165) is 12.1 Å². The second-order valence-electron chi connectivity index (χ2n) is 13.0. The van der Waals surface area contributed by atoms with E-state index in [-0.39, 0.29) is 17.8 Å². The summed E-state index contributed by atoms with van der Waals surface area (Å²) in [7, 11) is 2.23. The Morgan fingerprint density at radius 3 is 2.24 bits per heavy atom. The molecular weight excluding hydrogens is 520 g/mol. The number of amides is 3. The van der Waals surface area contributed by atoms with Gasteiger partial charge in [-0.1, -0.05) is 12.1 Å². The van der Waals surface area contributed by atoms with E-state index in [1.165, 1.54) is 35.8 Å². The summed E-state index contributed by atoms with van der Waals surface area (Å²) in [5, 5.41) is 2.70. The van der Waals surface area contributed by atoms with E-state index in [1.54, 1.807) is 35.9 Å². The van der Waals surface area contributed by atoms with E-state index < -0.39 is 11.2 Å². The van der Waals surface area contributed by atoms with E-state index in [4.69, 9.17) is 11.5 Å². The third-order valence-corrected chi connectivity index (χ3v) is 9.19. The molecular formula is C30H44N8O3.